The lowest BCUT2D eigenvalue weighted by atomic mass is 10.1. The van der Waals surface area contributed by atoms with Crippen molar-refractivity contribution in [2.75, 3.05) is 14.2 Å². The molecule has 0 fully saturated rings. The fraction of sp³-hybridized carbons (Fsp3) is 0.125. The lowest BCUT2D eigenvalue weighted by molar-refractivity contribution is 0.414. The van der Waals surface area contributed by atoms with Crippen LogP contribution in [-0.2, 0) is 16.4 Å². The predicted molar refractivity (Wildman–Crippen MR) is 119 cm³/mol. The van der Waals surface area contributed by atoms with E-state index in [1.807, 2.05) is 0 Å². The summed E-state index contributed by atoms with van der Waals surface area (Å²) < 4.78 is 52.4. The Balaban J connectivity index is 1.95. The fourth-order valence-corrected chi connectivity index (χ4v) is 4.88. The Morgan fingerprint density at radius 3 is 2.25 bits per heavy atom. The second-order valence-electron chi connectivity index (χ2n) is 7.14. The third-order valence-corrected chi connectivity index (χ3v) is 6.92. The normalized spacial score (nSPS) is 11.5. The summed E-state index contributed by atoms with van der Waals surface area (Å²) in [5.74, 6) is 0.516. The molecular weight excluding hydrogens is 433 g/mol. The van der Waals surface area contributed by atoms with Crippen LogP contribution >= 0.6 is 0 Å². The van der Waals surface area contributed by atoms with Gasteiger partial charge in [-0.3, -0.25) is 4.79 Å². The minimum Gasteiger partial charge on any atom is -0.497 e. The highest BCUT2D eigenvalue weighted by Gasteiger charge is 2.24. The molecule has 0 bridgehead atoms. The minimum absolute atomic E-state index is 0.0325. The maximum Gasteiger partial charge on any atom is 0.211 e. The van der Waals surface area contributed by atoms with E-state index in [9.17, 15) is 17.6 Å². The summed E-state index contributed by atoms with van der Waals surface area (Å²) >= 11 is 0. The molecular formula is C24H20FNO5S. The van der Waals surface area contributed by atoms with E-state index >= 15 is 0 Å². The highest BCUT2D eigenvalue weighted by molar-refractivity contribution is 7.91. The molecule has 0 saturated carbocycles. The number of benzene rings is 3. The van der Waals surface area contributed by atoms with E-state index in [0.29, 0.717) is 22.6 Å². The Hall–Kier alpha value is -3.65. The molecule has 32 heavy (non-hydrogen) atoms. The molecule has 0 amide bonds. The first-order chi connectivity index (χ1) is 15.3. The van der Waals surface area contributed by atoms with Gasteiger partial charge in [0, 0.05) is 12.7 Å². The summed E-state index contributed by atoms with van der Waals surface area (Å²) in [6.07, 6.45) is 1.31. The zero-order valence-corrected chi connectivity index (χ0v) is 18.2. The van der Waals surface area contributed by atoms with Gasteiger partial charge in [-0.25, -0.2) is 12.8 Å². The Morgan fingerprint density at radius 2 is 1.59 bits per heavy atom. The van der Waals surface area contributed by atoms with Gasteiger partial charge >= 0.3 is 0 Å². The molecule has 0 aliphatic carbocycles. The Morgan fingerprint density at radius 1 is 0.906 bits per heavy atom. The number of methoxy groups -OCH3 is 2. The van der Waals surface area contributed by atoms with E-state index < -0.39 is 21.1 Å². The zero-order valence-electron chi connectivity index (χ0n) is 17.4. The number of sulfone groups is 1. The molecule has 1 heterocycles. The molecule has 0 atom stereocenters. The van der Waals surface area contributed by atoms with Gasteiger partial charge in [-0.1, -0.05) is 12.1 Å². The maximum absolute atomic E-state index is 13.7. The maximum atomic E-state index is 13.7. The van der Waals surface area contributed by atoms with E-state index in [0.717, 1.165) is 0 Å². The van der Waals surface area contributed by atoms with E-state index in [2.05, 4.69) is 0 Å². The lowest BCUT2D eigenvalue weighted by Gasteiger charge is -2.15. The van der Waals surface area contributed by atoms with Gasteiger partial charge in [-0.15, -0.1) is 0 Å². The number of hydrogen-bond acceptors (Lipinski definition) is 5. The highest BCUT2D eigenvalue weighted by Crippen LogP contribution is 2.25. The molecule has 0 N–H and O–H groups in total. The molecule has 1 aromatic heterocycles. The van der Waals surface area contributed by atoms with Crippen LogP contribution in [0.4, 0.5) is 4.39 Å². The summed E-state index contributed by atoms with van der Waals surface area (Å²) in [6.45, 7) is 0.173. The van der Waals surface area contributed by atoms with Crippen molar-refractivity contribution in [3.63, 3.8) is 0 Å². The molecule has 3 aromatic carbocycles. The minimum atomic E-state index is -4.13. The molecule has 4 rings (SSSR count). The average molecular weight is 453 g/mol. The first kappa shape index (κ1) is 21.6. The molecule has 0 saturated heterocycles. The summed E-state index contributed by atoms with van der Waals surface area (Å²) in [5.41, 5.74) is 0.498. The Labute approximate surface area is 184 Å². The van der Waals surface area contributed by atoms with Crippen molar-refractivity contribution in [1.29, 1.82) is 0 Å². The van der Waals surface area contributed by atoms with Crippen LogP contribution in [0.15, 0.2) is 87.5 Å². The van der Waals surface area contributed by atoms with Gasteiger partial charge in [0.25, 0.3) is 0 Å². The van der Waals surface area contributed by atoms with Crippen molar-refractivity contribution in [3.05, 3.63) is 94.5 Å². The van der Waals surface area contributed by atoms with E-state index in [1.165, 1.54) is 62.9 Å². The highest BCUT2D eigenvalue weighted by atomic mass is 32.2. The Bertz CT molecular complexity index is 1460. The predicted octanol–water partition coefficient (Wildman–Crippen LogP) is 4.04. The molecule has 0 aliphatic heterocycles. The van der Waals surface area contributed by atoms with Gasteiger partial charge in [-0.05, 0) is 60.2 Å². The quantitative estimate of drug-likeness (QED) is 0.441. The van der Waals surface area contributed by atoms with E-state index in [-0.39, 0.29) is 21.7 Å². The van der Waals surface area contributed by atoms with Crippen LogP contribution in [0.3, 0.4) is 0 Å². The number of pyridine rings is 1. The molecule has 8 heteroatoms. The SMILES string of the molecule is COc1ccc(S(=O)(=O)c2cn(Cc3cccc(F)c3)c3ccc(OC)cc3c2=O)cc1. The second-order valence-corrected chi connectivity index (χ2v) is 9.06. The van der Waals surface area contributed by atoms with Crippen molar-refractivity contribution in [2.45, 2.75) is 16.3 Å². The number of fused-ring (bicyclic) bond motifs is 1. The first-order valence-electron chi connectivity index (χ1n) is 9.68. The van der Waals surface area contributed by atoms with Crippen molar-refractivity contribution in [2.24, 2.45) is 0 Å². The number of rotatable bonds is 6. The molecule has 164 valence electrons. The van der Waals surface area contributed by atoms with Gasteiger partial charge < -0.3 is 14.0 Å². The molecule has 0 unspecified atom stereocenters. The number of nitrogens with zero attached hydrogens (tertiary/aromatic N) is 1. The monoisotopic (exact) mass is 453 g/mol. The van der Waals surface area contributed by atoms with Crippen LogP contribution in [0.2, 0.25) is 0 Å². The molecule has 6 nitrogen and oxygen atoms in total. The van der Waals surface area contributed by atoms with Gasteiger partial charge in [0.05, 0.1) is 30.0 Å². The largest absolute Gasteiger partial charge is 0.497 e. The molecule has 0 radical (unpaired) electrons. The van der Waals surface area contributed by atoms with Crippen LogP contribution in [0.25, 0.3) is 10.9 Å². The number of aromatic nitrogens is 1. The Kier molecular flexibility index (Phi) is 5.71. The summed E-state index contributed by atoms with van der Waals surface area (Å²) in [6, 6.07) is 16.7. The van der Waals surface area contributed by atoms with Crippen LogP contribution in [0.1, 0.15) is 5.56 Å². The van der Waals surface area contributed by atoms with Gasteiger partial charge in [0.2, 0.25) is 15.3 Å². The van der Waals surface area contributed by atoms with Crippen LogP contribution in [0.5, 0.6) is 11.5 Å². The zero-order chi connectivity index (χ0) is 22.9. The summed E-state index contributed by atoms with van der Waals surface area (Å²) in [7, 11) is -1.19. The van der Waals surface area contributed by atoms with E-state index in [4.69, 9.17) is 9.47 Å². The standard InChI is InChI=1S/C24H20FNO5S/c1-30-18-6-9-20(10-7-18)32(28,29)23-15-26(14-16-4-3-5-17(25)12-16)22-11-8-19(31-2)13-21(22)24(23)27/h3-13,15H,14H2,1-2H3. The second kappa shape index (κ2) is 8.47. The number of ether oxygens (including phenoxy) is 2. The number of hydrogen-bond donors (Lipinski definition) is 0. The molecule has 0 spiro atoms. The van der Waals surface area contributed by atoms with Crippen molar-refractivity contribution in [3.8, 4) is 11.5 Å². The van der Waals surface area contributed by atoms with Gasteiger partial charge in [0.1, 0.15) is 22.2 Å². The van der Waals surface area contributed by atoms with Gasteiger partial charge in [0.15, 0.2) is 0 Å². The smallest absolute Gasteiger partial charge is 0.211 e. The first-order valence-corrected chi connectivity index (χ1v) is 11.2. The third kappa shape index (κ3) is 3.97. The molecule has 0 aliphatic rings. The molecule has 4 aromatic rings. The lowest BCUT2D eigenvalue weighted by Crippen LogP contribution is -2.19. The summed E-state index contributed by atoms with van der Waals surface area (Å²) in [4.78, 5) is 12.9. The van der Waals surface area contributed by atoms with Crippen molar-refractivity contribution < 1.29 is 22.3 Å². The van der Waals surface area contributed by atoms with Gasteiger partial charge in [-0.2, -0.15) is 0 Å². The topological polar surface area (TPSA) is 74.6 Å². The van der Waals surface area contributed by atoms with Crippen molar-refractivity contribution in [1.82, 2.24) is 4.57 Å². The third-order valence-electron chi connectivity index (χ3n) is 5.16. The van der Waals surface area contributed by atoms with Crippen molar-refractivity contribution >= 4 is 20.7 Å². The van der Waals surface area contributed by atoms with Crippen LogP contribution in [0, 0.1) is 5.82 Å². The van der Waals surface area contributed by atoms with Crippen LogP contribution < -0.4 is 14.9 Å². The van der Waals surface area contributed by atoms with E-state index in [1.54, 1.807) is 28.8 Å². The average Bonchev–Trinajstić information content (AvgIpc) is 2.80. The van der Waals surface area contributed by atoms with Crippen LogP contribution in [-0.4, -0.2) is 27.2 Å². The summed E-state index contributed by atoms with van der Waals surface area (Å²) in [5, 5.41) is 0.190. The number of halogens is 1. The fourth-order valence-electron chi connectivity index (χ4n) is 3.51.